The van der Waals surface area contributed by atoms with E-state index >= 15 is 0 Å². The average Bonchev–Trinajstić information content (AvgIpc) is 2.27. The van der Waals surface area contributed by atoms with Crippen molar-refractivity contribution in [2.45, 2.75) is 24.9 Å². The number of ether oxygens (including phenoxy) is 1. The molecular weight excluding hydrogens is 262 g/mol. The molecule has 0 aromatic carbocycles. The van der Waals surface area contributed by atoms with Crippen LogP contribution >= 0.6 is 0 Å². The SMILES string of the molecule is O=C(O)CN1CCC2(CCS(=O)(=O)CC2)OC1=O. The summed E-state index contributed by atoms with van der Waals surface area (Å²) in [6, 6.07) is 0. The van der Waals surface area contributed by atoms with Crippen LogP contribution in [0.5, 0.6) is 0 Å². The van der Waals surface area contributed by atoms with Gasteiger partial charge in [-0.15, -0.1) is 0 Å². The molecule has 2 rings (SSSR count). The molecule has 2 aliphatic heterocycles. The van der Waals surface area contributed by atoms with Gasteiger partial charge in [0, 0.05) is 25.8 Å². The van der Waals surface area contributed by atoms with Gasteiger partial charge in [0.15, 0.2) is 9.84 Å². The Kier molecular flexibility index (Phi) is 3.22. The molecule has 2 aliphatic rings. The van der Waals surface area contributed by atoms with Crippen LogP contribution in [0.4, 0.5) is 4.79 Å². The Labute approximate surface area is 105 Å². The van der Waals surface area contributed by atoms with Crippen molar-refractivity contribution in [1.82, 2.24) is 4.90 Å². The minimum atomic E-state index is -3.01. The van der Waals surface area contributed by atoms with Crippen molar-refractivity contribution >= 4 is 21.9 Å². The van der Waals surface area contributed by atoms with Crippen molar-refractivity contribution in [3.05, 3.63) is 0 Å². The highest BCUT2D eigenvalue weighted by Gasteiger charge is 2.44. The van der Waals surface area contributed by atoms with Gasteiger partial charge in [-0.1, -0.05) is 0 Å². The van der Waals surface area contributed by atoms with Crippen LogP contribution in [-0.4, -0.2) is 60.7 Å². The highest BCUT2D eigenvalue weighted by molar-refractivity contribution is 7.91. The van der Waals surface area contributed by atoms with Gasteiger partial charge in [0.1, 0.15) is 12.1 Å². The molecule has 18 heavy (non-hydrogen) atoms. The molecule has 1 amide bonds. The molecule has 0 aliphatic carbocycles. The fraction of sp³-hybridized carbons (Fsp3) is 0.800. The molecule has 0 atom stereocenters. The second-order valence-electron chi connectivity index (χ2n) is 4.77. The summed E-state index contributed by atoms with van der Waals surface area (Å²) in [5, 5.41) is 8.63. The number of nitrogens with zero attached hydrogens (tertiary/aromatic N) is 1. The molecule has 0 aromatic rings. The number of aliphatic carboxylic acids is 1. The third kappa shape index (κ3) is 2.74. The van der Waals surface area contributed by atoms with Gasteiger partial charge < -0.3 is 9.84 Å². The van der Waals surface area contributed by atoms with Crippen LogP contribution in [0.15, 0.2) is 0 Å². The van der Waals surface area contributed by atoms with Crippen LogP contribution in [0.3, 0.4) is 0 Å². The number of sulfone groups is 1. The molecule has 102 valence electrons. The van der Waals surface area contributed by atoms with Crippen molar-refractivity contribution in [1.29, 1.82) is 0 Å². The summed E-state index contributed by atoms with van der Waals surface area (Å²) in [5.74, 6) is -1.03. The average molecular weight is 277 g/mol. The lowest BCUT2D eigenvalue weighted by Gasteiger charge is -2.42. The minimum absolute atomic E-state index is 0.0270. The molecule has 2 heterocycles. The summed E-state index contributed by atoms with van der Waals surface area (Å²) in [5.41, 5.74) is -0.711. The molecule has 7 nitrogen and oxygen atoms in total. The maximum atomic E-state index is 11.7. The zero-order valence-corrected chi connectivity index (χ0v) is 10.6. The van der Waals surface area contributed by atoms with E-state index in [1.807, 2.05) is 0 Å². The first-order valence-electron chi connectivity index (χ1n) is 5.72. The van der Waals surface area contributed by atoms with E-state index in [1.165, 1.54) is 0 Å². The third-order valence-corrected chi connectivity index (χ3v) is 5.12. The van der Waals surface area contributed by atoms with E-state index in [9.17, 15) is 18.0 Å². The van der Waals surface area contributed by atoms with E-state index in [2.05, 4.69) is 0 Å². The van der Waals surface area contributed by atoms with E-state index < -0.39 is 27.5 Å². The zero-order valence-electron chi connectivity index (χ0n) is 9.79. The number of hydrogen-bond acceptors (Lipinski definition) is 5. The molecule has 0 saturated carbocycles. The predicted octanol–water partition coefficient (Wildman–Crippen LogP) is -0.139. The summed E-state index contributed by atoms with van der Waals surface area (Å²) >= 11 is 0. The van der Waals surface area contributed by atoms with E-state index in [-0.39, 0.29) is 18.1 Å². The molecule has 1 N–H and O–H groups in total. The number of rotatable bonds is 2. The summed E-state index contributed by atoms with van der Waals surface area (Å²) < 4.78 is 28.0. The molecule has 2 fully saturated rings. The van der Waals surface area contributed by atoms with Crippen molar-refractivity contribution in [3.63, 3.8) is 0 Å². The van der Waals surface area contributed by atoms with E-state index in [0.29, 0.717) is 25.8 Å². The number of carboxylic acids is 1. The molecule has 8 heteroatoms. The molecule has 2 saturated heterocycles. The quantitative estimate of drug-likeness (QED) is 0.754. The van der Waals surface area contributed by atoms with Crippen molar-refractivity contribution in [2.24, 2.45) is 0 Å². The first kappa shape index (κ1) is 13.1. The lowest BCUT2D eigenvalue weighted by Crippen LogP contribution is -2.53. The molecule has 0 aromatic heterocycles. The summed E-state index contributed by atoms with van der Waals surface area (Å²) in [6.45, 7) is -0.0849. The van der Waals surface area contributed by atoms with Gasteiger partial charge in [-0.2, -0.15) is 0 Å². The van der Waals surface area contributed by atoms with E-state index in [4.69, 9.17) is 9.84 Å². The van der Waals surface area contributed by atoms with Crippen LogP contribution in [0.2, 0.25) is 0 Å². The lowest BCUT2D eigenvalue weighted by molar-refractivity contribution is -0.139. The van der Waals surface area contributed by atoms with Gasteiger partial charge in [0.2, 0.25) is 0 Å². The second-order valence-corrected chi connectivity index (χ2v) is 7.07. The Hall–Kier alpha value is -1.31. The van der Waals surface area contributed by atoms with E-state index in [0.717, 1.165) is 4.90 Å². The summed E-state index contributed by atoms with van der Waals surface area (Å²) in [7, 11) is -3.01. The Morgan fingerprint density at radius 2 is 1.94 bits per heavy atom. The number of carbonyl (C=O) groups is 2. The standard InChI is InChI=1S/C10H15NO6S/c12-8(13)7-11-4-1-10(17-9(11)14)2-5-18(15,16)6-3-10/h1-7H2,(H,12,13). The van der Waals surface area contributed by atoms with Gasteiger partial charge in [-0.3, -0.25) is 9.69 Å². The number of amides is 1. The van der Waals surface area contributed by atoms with Crippen LogP contribution in [0.25, 0.3) is 0 Å². The normalized spacial score (nSPS) is 25.8. The van der Waals surface area contributed by atoms with Gasteiger partial charge in [-0.25, -0.2) is 13.2 Å². The highest BCUT2D eigenvalue weighted by atomic mass is 32.2. The Balaban J connectivity index is 2.00. The maximum absolute atomic E-state index is 11.7. The molecule has 0 unspecified atom stereocenters. The smallest absolute Gasteiger partial charge is 0.410 e. The molecule has 0 bridgehead atoms. The Morgan fingerprint density at radius 1 is 1.33 bits per heavy atom. The Morgan fingerprint density at radius 3 is 2.44 bits per heavy atom. The van der Waals surface area contributed by atoms with Gasteiger partial charge in [-0.05, 0) is 0 Å². The molecule has 0 radical (unpaired) electrons. The van der Waals surface area contributed by atoms with Crippen LogP contribution in [0, 0.1) is 0 Å². The highest BCUT2D eigenvalue weighted by Crippen LogP contribution is 2.34. The van der Waals surface area contributed by atoms with Crippen molar-refractivity contribution < 1.29 is 27.9 Å². The lowest BCUT2D eigenvalue weighted by atomic mass is 9.91. The first-order chi connectivity index (χ1) is 8.32. The molecule has 1 spiro atoms. The summed E-state index contributed by atoms with van der Waals surface area (Å²) in [4.78, 5) is 23.3. The number of carbonyl (C=O) groups excluding carboxylic acids is 1. The van der Waals surface area contributed by atoms with Crippen molar-refractivity contribution in [2.75, 3.05) is 24.6 Å². The third-order valence-electron chi connectivity index (χ3n) is 3.46. The number of hydrogen-bond donors (Lipinski definition) is 1. The van der Waals surface area contributed by atoms with Crippen LogP contribution in [-0.2, 0) is 19.4 Å². The largest absolute Gasteiger partial charge is 0.480 e. The van der Waals surface area contributed by atoms with Crippen LogP contribution in [0.1, 0.15) is 19.3 Å². The topological polar surface area (TPSA) is 101 Å². The van der Waals surface area contributed by atoms with Crippen molar-refractivity contribution in [3.8, 4) is 0 Å². The van der Waals surface area contributed by atoms with Crippen LogP contribution < -0.4 is 0 Å². The van der Waals surface area contributed by atoms with Gasteiger partial charge in [0.05, 0.1) is 11.5 Å². The summed E-state index contributed by atoms with van der Waals surface area (Å²) in [6.07, 6.45) is 0.439. The maximum Gasteiger partial charge on any atom is 0.410 e. The minimum Gasteiger partial charge on any atom is -0.480 e. The van der Waals surface area contributed by atoms with Gasteiger partial charge >= 0.3 is 12.1 Å². The first-order valence-corrected chi connectivity index (χ1v) is 7.54. The second kappa shape index (κ2) is 4.42. The van der Waals surface area contributed by atoms with E-state index in [1.54, 1.807) is 0 Å². The van der Waals surface area contributed by atoms with Gasteiger partial charge in [0.25, 0.3) is 0 Å². The fourth-order valence-corrected chi connectivity index (χ4v) is 3.87. The zero-order chi connectivity index (χ0) is 13.4. The fourth-order valence-electron chi connectivity index (χ4n) is 2.30. The molecular formula is C10H15NO6S. The Bertz CT molecular complexity index is 457. The monoisotopic (exact) mass is 277 g/mol. The predicted molar refractivity (Wildman–Crippen MR) is 60.9 cm³/mol. The number of carboxylic acid groups (broad SMARTS) is 1.